The summed E-state index contributed by atoms with van der Waals surface area (Å²) in [6.07, 6.45) is 1.92. The number of amides is 2. The average Bonchev–Trinajstić information content (AvgIpc) is 3.14. The third kappa shape index (κ3) is 4.19. The smallest absolute Gasteiger partial charge is 0.253 e. The predicted octanol–water partition coefficient (Wildman–Crippen LogP) is 1.55. The van der Waals surface area contributed by atoms with E-state index >= 15 is 0 Å². The minimum atomic E-state index is -0.286. The van der Waals surface area contributed by atoms with Crippen LogP contribution >= 0.6 is 0 Å². The number of nitrogens with two attached hydrogens (primary N) is 1. The summed E-state index contributed by atoms with van der Waals surface area (Å²) >= 11 is 0. The van der Waals surface area contributed by atoms with E-state index in [1.54, 1.807) is 29.2 Å². The Morgan fingerprint density at radius 3 is 2.54 bits per heavy atom. The largest absolute Gasteiger partial charge is 0.485 e. The zero-order valence-electron chi connectivity index (χ0n) is 14.7. The van der Waals surface area contributed by atoms with Crippen LogP contribution in [0, 0.1) is 5.92 Å². The van der Waals surface area contributed by atoms with Crippen molar-refractivity contribution >= 4 is 11.8 Å². The number of carbonyl (C=O) groups is 2. The average molecular weight is 358 g/mol. The molecule has 8 heteroatoms. The molecule has 2 heterocycles. The molecule has 1 aromatic carbocycles. The van der Waals surface area contributed by atoms with E-state index in [-0.39, 0.29) is 24.3 Å². The van der Waals surface area contributed by atoms with Crippen LogP contribution in [-0.4, -0.2) is 39.9 Å². The van der Waals surface area contributed by atoms with Crippen molar-refractivity contribution in [2.24, 2.45) is 11.7 Å². The van der Waals surface area contributed by atoms with Crippen LogP contribution in [0.5, 0.6) is 5.75 Å². The molecular weight excluding hydrogens is 336 g/mol. The van der Waals surface area contributed by atoms with Gasteiger partial charge in [0.15, 0.2) is 6.61 Å². The van der Waals surface area contributed by atoms with Gasteiger partial charge < -0.3 is 19.9 Å². The molecule has 2 N–H and O–H groups in total. The summed E-state index contributed by atoms with van der Waals surface area (Å²) in [7, 11) is 0. The Morgan fingerprint density at radius 1 is 1.27 bits per heavy atom. The van der Waals surface area contributed by atoms with Crippen LogP contribution in [0.15, 0.2) is 28.8 Å². The van der Waals surface area contributed by atoms with Gasteiger partial charge in [0.1, 0.15) is 5.75 Å². The van der Waals surface area contributed by atoms with Crippen molar-refractivity contribution in [3.63, 3.8) is 0 Å². The first-order valence-corrected chi connectivity index (χ1v) is 8.69. The third-order valence-corrected chi connectivity index (χ3v) is 4.47. The van der Waals surface area contributed by atoms with Crippen LogP contribution in [0.4, 0.5) is 0 Å². The van der Waals surface area contributed by atoms with Crippen LogP contribution in [0.2, 0.25) is 0 Å². The van der Waals surface area contributed by atoms with Gasteiger partial charge in [-0.1, -0.05) is 12.1 Å². The summed E-state index contributed by atoms with van der Waals surface area (Å²) in [6.45, 7) is 3.23. The van der Waals surface area contributed by atoms with Crippen molar-refractivity contribution in [1.82, 2.24) is 15.0 Å². The molecular formula is C18H22N4O4. The lowest BCUT2D eigenvalue weighted by atomic mass is 9.96. The molecule has 0 atom stereocenters. The molecule has 138 valence electrons. The number of aromatic nitrogens is 2. The highest BCUT2D eigenvalue weighted by atomic mass is 16.5. The number of piperidine rings is 1. The molecule has 2 amide bonds. The number of hydrogen-bond donors (Lipinski definition) is 1. The molecule has 1 saturated heterocycles. The number of benzene rings is 1. The Bertz CT molecular complexity index is 764. The van der Waals surface area contributed by atoms with Crippen molar-refractivity contribution in [2.75, 3.05) is 13.1 Å². The first-order valence-electron chi connectivity index (χ1n) is 8.69. The zero-order chi connectivity index (χ0) is 18.5. The van der Waals surface area contributed by atoms with Gasteiger partial charge in [-0.05, 0) is 37.1 Å². The number of rotatable bonds is 6. The van der Waals surface area contributed by atoms with Crippen LogP contribution in [0.25, 0.3) is 0 Å². The molecule has 0 unspecified atom stereocenters. The molecule has 0 spiro atoms. The van der Waals surface area contributed by atoms with Crippen LogP contribution in [0.1, 0.15) is 41.8 Å². The molecule has 3 rings (SSSR count). The van der Waals surface area contributed by atoms with E-state index in [9.17, 15) is 9.59 Å². The molecule has 0 radical (unpaired) electrons. The molecule has 26 heavy (non-hydrogen) atoms. The van der Waals surface area contributed by atoms with E-state index in [0.717, 1.165) is 0 Å². The Labute approximate surface area is 151 Å². The molecule has 1 aliphatic rings. The highest BCUT2D eigenvalue weighted by Crippen LogP contribution is 2.20. The topological polar surface area (TPSA) is 112 Å². The van der Waals surface area contributed by atoms with Crippen molar-refractivity contribution in [1.29, 1.82) is 0 Å². The summed E-state index contributed by atoms with van der Waals surface area (Å²) in [5.41, 5.74) is 5.91. The second-order valence-corrected chi connectivity index (χ2v) is 6.24. The summed E-state index contributed by atoms with van der Waals surface area (Å²) in [4.78, 5) is 29.7. The van der Waals surface area contributed by atoms with Gasteiger partial charge in [0.25, 0.3) is 5.91 Å². The Morgan fingerprint density at radius 2 is 1.96 bits per heavy atom. The van der Waals surface area contributed by atoms with E-state index < -0.39 is 0 Å². The second-order valence-electron chi connectivity index (χ2n) is 6.24. The number of likely N-dealkylation sites (tertiary alicyclic amines) is 1. The monoisotopic (exact) mass is 358 g/mol. The number of carbonyl (C=O) groups excluding carboxylic acids is 2. The molecule has 8 nitrogen and oxygen atoms in total. The Hall–Kier alpha value is -2.90. The maximum Gasteiger partial charge on any atom is 0.253 e. The Kier molecular flexibility index (Phi) is 5.50. The van der Waals surface area contributed by atoms with Gasteiger partial charge in [-0.15, -0.1) is 0 Å². The van der Waals surface area contributed by atoms with Gasteiger partial charge in [-0.2, -0.15) is 4.98 Å². The van der Waals surface area contributed by atoms with Crippen LogP contribution in [-0.2, 0) is 17.8 Å². The third-order valence-electron chi connectivity index (χ3n) is 4.47. The summed E-state index contributed by atoms with van der Waals surface area (Å²) in [5.74, 6) is 1.21. The normalized spacial score (nSPS) is 15.0. The van der Waals surface area contributed by atoms with E-state index in [0.29, 0.717) is 55.4 Å². The quantitative estimate of drug-likeness (QED) is 0.838. The summed E-state index contributed by atoms with van der Waals surface area (Å²) in [5, 5.41) is 3.82. The number of aryl methyl sites for hydroxylation is 1. The molecule has 0 saturated carbocycles. The first-order chi connectivity index (χ1) is 12.6. The van der Waals surface area contributed by atoms with E-state index in [4.69, 9.17) is 15.0 Å². The fourth-order valence-corrected chi connectivity index (χ4v) is 2.88. The first kappa shape index (κ1) is 17.9. The van der Waals surface area contributed by atoms with Gasteiger partial charge in [0.05, 0.1) is 0 Å². The lowest BCUT2D eigenvalue weighted by Gasteiger charge is -2.30. The van der Waals surface area contributed by atoms with Crippen molar-refractivity contribution in [2.45, 2.75) is 32.8 Å². The highest BCUT2D eigenvalue weighted by Gasteiger charge is 2.26. The van der Waals surface area contributed by atoms with Crippen LogP contribution in [0.3, 0.4) is 0 Å². The fraction of sp³-hybridized carbons (Fsp3) is 0.444. The second kappa shape index (κ2) is 7.99. The molecule has 2 aromatic rings. The zero-order valence-corrected chi connectivity index (χ0v) is 14.7. The van der Waals surface area contributed by atoms with Gasteiger partial charge in [0.2, 0.25) is 17.6 Å². The number of ether oxygens (including phenoxy) is 1. The maximum absolute atomic E-state index is 12.5. The van der Waals surface area contributed by atoms with Gasteiger partial charge in [-0.3, -0.25) is 9.59 Å². The van der Waals surface area contributed by atoms with E-state index in [1.165, 1.54) is 0 Å². The fourth-order valence-electron chi connectivity index (χ4n) is 2.88. The number of hydrogen-bond acceptors (Lipinski definition) is 6. The summed E-state index contributed by atoms with van der Waals surface area (Å²) < 4.78 is 10.6. The number of nitrogens with zero attached hydrogens (tertiary/aromatic N) is 3. The predicted molar refractivity (Wildman–Crippen MR) is 92.3 cm³/mol. The number of primary amides is 1. The van der Waals surface area contributed by atoms with E-state index in [1.807, 2.05) is 6.92 Å². The minimum Gasteiger partial charge on any atom is -0.485 e. The standard InChI is InChI=1S/C18H22N4O4/c1-2-16-20-15(21-26-16)11-25-14-5-3-13(4-6-14)18(24)22-9-7-12(8-10-22)17(19)23/h3-6,12H,2,7-11H2,1H3,(H2,19,23). The molecule has 0 bridgehead atoms. The lowest BCUT2D eigenvalue weighted by Crippen LogP contribution is -2.41. The van der Waals surface area contributed by atoms with E-state index in [2.05, 4.69) is 10.1 Å². The lowest BCUT2D eigenvalue weighted by molar-refractivity contribution is -0.123. The van der Waals surface area contributed by atoms with Crippen molar-refractivity contribution in [3.05, 3.63) is 41.5 Å². The van der Waals surface area contributed by atoms with Crippen molar-refractivity contribution < 1.29 is 18.8 Å². The van der Waals surface area contributed by atoms with Gasteiger partial charge in [-0.25, -0.2) is 0 Å². The molecule has 1 aromatic heterocycles. The SMILES string of the molecule is CCc1nc(COc2ccc(C(=O)N3CCC(C(N)=O)CC3)cc2)no1. The summed E-state index contributed by atoms with van der Waals surface area (Å²) in [6, 6.07) is 6.94. The molecule has 1 fully saturated rings. The maximum atomic E-state index is 12.5. The van der Waals surface area contributed by atoms with Gasteiger partial charge >= 0.3 is 0 Å². The molecule has 1 aliphatic heterocycles. The van der Waals surface area contributed by atoms with Crippen LogP contribution < -0.4 is 10.5 Å². The minimum absolute atomic E-state index is 0.0507. The van der Waals surface area contributed by atoms with Gasteiger partial charge in [0, 0.05) is 31.0 Å². The molecule has 0 aliphatic carbocycles. The highest BCUT2D eigenvalue weighted by molar-refractivity contribution is 5.94. The Balaban J connectivity index is 1.53. The van der Waals surface area contributed by atoms with Crippen molar-refractivity contribution in [3.8, 4) is 5.75 Å².